The van der Waals surface area contributed by atoms with Gasteiger partial charge in [-0.05, 0) is 65.3 Å². The van der Waals surface area contributed by atoms with Gasteiger partial charge in [0.05, 0.1) is 31.0 Å². The van der Waals surface area contributed by atoms with Gasteiger partial charge < -0.3 is 20.1 Å². The third-order valence-corrected chi connectivity index (χ3v) is 10.6. The number of ether oxygens (including phenoxy) is 2. The van der Waals surface area contributed by atoms with Crippen molar-refractivity contribution in [2.45, 2.75) is 62.1 Å². The number of fused-ring (bicyclic) bond motifs is 2. The number of nitrogens with one attached hydrogen (secondary N) is 2. The van der Waals surface area contributed by atoms with Crippen LogP contribution >= 0.6 is 0 Å². The van der Waals surface area contributed by atoms with E-state index in [0.717, 1.165) is 44.5 Å². The Labute approximate surface area is 274 Å². The Hall–Kier alpha value is -4.91. The van der Waals surface area contributed by atoms with E-state index in [0.29, 0.717) is 0 Å². The number of esters is 1. The summed E-state index contributed by atoms with van der Waals surface area (Å²) in [4.78, 5) is 42.2. The van der Waals surface area contributed by atoms with Crippen molar-refractivity contribution in [3.05, 3.63) is 142 Å². The molecule has 0 heterocycles. The van der Waals surface area contributed by atoms with Crippen molar-refractivity contribution in [1.29, 1.82) is 0 Å². The first-order valence-electron chi connectivity index (χ1n) is 16.4. The summed E-state index contributed by atoms with van der Waals surface area (Å²) < 4.78 is 11.2. The summed E-state index contributed by atoms with van der Waals surface area (Å²) in [5.74, 6) is -2.87. The average molecular weight is 627 g/mol. The monoisotopic (exact) mass is 626 g/mol. The van der Waals surface area contributed by atoms with Gasteiger partial charge in [0.2, 0.25) is 5.91 Å². The van der Waals surface area contributed by atoms with E-state index in [2.05, 4.69) is 59.2 Å². The maximum atomic E-state index is 15.1. The molecule has 6 aliphatic carbocycles. The highest BCUT2D eigenvalue weighted by Gasteiger charge is 2.57. The number of amides is 2. The van der Waals surface area contributed by atoms with Gasteiger partial charge in [-0.1, -0.05) is 97.1 Å². The van der Waals surface area contributed by atoms with Crippen LogP contribution in [0.1, 0.15) is 89.0 Å². The van der Waals surface area contributed by atoms with Gasteiger partial charge in [0.15, 0.2) is 0 Å². The van der Waals surface area contributed by atoms with Gasteiger partial charge in [-0.2, -0.15) is 0 Å². The molecule has 4 atom stereocenters. The van der Waals surface area contributed by atoms with Gasteiger partial charge in [-0.15, -0.1) is 0 Å². The maximum Gasteiger partial charge on any atom is 0.407 e. The predicted octanol–water partition coefficient (Wildman–Crippen LogP) is 6.35. The highest BCUT2D eigenvalue weighted by atomic mass is 16.6. The number of methoxy groups -OCH3 is 1. The topological polar surface area (TPSA) is 93.7 Å². The molecule has 0 spiro atoms. The molecule has 0 aliphatic heterocycles. The first-order chi connectivity index (χ1) is 22.7. The molecule has 6 aliphatic rings. The normalized spacial score (nSPS) is 27.4. The van der Waals surface area contributed by atoms with Gasteiger partial charge in [-0.25, -0.2) is 4.79 Å². The second-order valence-corrected chi connectivity index (χ2v) is 14.2. The van der Waals surface area contributed by atoms with Crippen LogP contribution in [0.4, 0.5) is 4.79 Å². The quantitative estimate of drug-likeness (QED) is 0.258. The SMILES string of the molecule is COC(=O)[C@H]1C2c3ccccc3C(c3ccccc32)[C@@H]1NC(=O)[C@H]1C2c3ccccc3C(c3ccccc32)[C@@H]1NC(=O)OC(C)(C)C. The Balaban J connectivity index is 1.25. The van der Waals surface area contributed by atoms with E-state index in [1.165, 1.54) is 7.11 Å². The summed E-state index contributed by atoms with van der Waals surface area (Å²) in [6, 6.07) is 31.8. The Morgan fingerprint density at radius 2 is 0.872 bits per heavy atom. The summed E-state index contributed by atoms with van der Waals surface area (Å²) in [7, 11) is 1.41. The van der Waals surface area contributed by atoms with Gasteiger partial charge in [-0.3, -0.25) is 9.59 Å². The molecule has 10 rings (SSSR count). The van der Waals surface area contributed by atoms with E-state index in [1.807, 2.05) is 69.3 Å². The van der Waals surface area contributed by atoms with Gasteiger partial charge in [0, 0.05) is 23.7 Å². The van der Waals surface area contributed by atoms with Crippen LogP contribution in [-0.2, 0) is 19.1 Å². The molecule has 4 bridgehead atoms. The summed E-state index contributed by atoms with van der Waals surface area (Å²) in [5.41, 5.74) is 8.11. The fourth-order valence-corrected chi connectivity index (χ4v) is 9.14. The fourth-order valence-electron chi connectivity index (χ4n) is 9.14. The van der Waals surface area contributed by atoms with E-state index in [1.54, 1.807) is 0 Å². The molecule has 0 aromatic heterocycles. The highest BCUT2D eigenvalue weighted by Crippen LogP contribution is 2.58. The van der Waals surface area contributed by atoms with Crippen LogP contribution in [-0.4, -0.2) is 42.8 Å². The zero-order valence-electron chi connectivity index (χ0n) is 26.9. The van der Waals surface area contributed by atoms with E-state index in [4.69, 9.17) is 9.47 Å². The van der Waals surface area contributed by atoms with Crippen molar-refractivity contribution in [2.75, 3.05) is 7.11 Å². The second-order valence-electron chi connectivity index (χ2n) is 14.2. The van der Waals surface area contributed by atoms with E-state index < -0.39 is 35.6 Å². The lowest BCUT2D eigenvalue weighted by Gasteiger charge is -2.52. The molecule has 0 fully saturated rings. The maximum absolute atomic E-state index is 15.1. The second kappa shape index (κ2) is 10.8. The molecular formula is C40H38N2O5. The van der Waals surface area contributed by atoms with Crippen LogP contribution in [0.15, 0.2) is 97.1 Å². The number of carbonyl (C=O) groups excluding carboxylic acids is 3. The standard InChI is InChI=1S/C40H38N2O5/c1-40(2,3)47-39(45)42-35-31-25-17-9-5-13-21(25)29(22-14-6-10-18-26(22)31)33(35)37(43)41-36-32-27-19-11-7-15-23(27)30(34(36)38(44)46-4)24-16-8-12-20-28(24)32/h5-20,29-36H,1-4H3,(H,41,43)(H,42,45)/t29?,30?,31?,32?,33-,34-,35-,36-/m0/s1. The van der Waals surface area contributed by atoms with Crippen molar-refractivity contribution in [3.8, 4) is 0 Å². The lowest BCUT2D eigenvalue weighted by atomic mass is 9.55. The number of alkyl carbamates (subject to hydrolysis) is 1. The van der Waals surface area contributed by atoms with Crippen LogP contribution in [0.2, 0.25) is 0 Å². The molecule has 0 saturated carbocycles. The molecule has 4 aromatic carbocycles. The third kappa shape index (κ3) is 4.50. The van der Waals surface area contributed by atoms with E-state index in [-0.39, 0.29) is 35.5 Å². The van der Waals surface area contributed by atoms with Crippen molar-refractivity contribution in [2.24, 2.45) is 11.8 Å². The number of hydrogen-bond acceptors (Lipinski definition) is 5. The zero-order valence-corrected chi connectivity index (χ0v) is 26.9. The molecule has 4 aromatic rings. The van der Waals surface area contributed by atoms with Crippen LogP contribution < -0.4 is 10.6 Å². The lowest BCUT2D eigenvalue weighted by Crippen LogP contribution is -2.61. The molecule has 0 unspecified atom stereocenters. The van der Waals surface area contributed by atoms with Crippen LogP contribution in [0.5, 0.6) is 0 Å². The van der Waals surface area contributed by atoms with Crippen LogP contribution in [0, 0.1) is 11.8 Å². The first kappa shape index (κ1) is 29.5. The summed E-state index contributed by atoms with van der Waals surface area (Å²) in [6.07, 6.45) is -0.560. The smallest absolute Gasteiger partial charge is 0.407 e. The average Bonchev–Trinajstić information content (AvgIpc) is 3.07. The minimum absolute atomic E-state index is 0.202. The Morgan fingerprint density at radius 1 is 0.532 bits per heavy atom. The Bertz CT molecular complexity index is 1830. The minimum Gasteiger partial charge on any atom is -0.469 e. The molecule has 0 saturated heterocycles. The largest absolute Gasteiger partial charge is 0.469 e. The number of carbonyl (C=O) groups is 3. The van der Waals surface area contributed by atoms with E-state index >= 15 is 4.79 Å². The van der Waals surface area contributed by atoms with Gasteiger partial charge in [0.25, 0.3) is 0 Å². The molecule has 2 N–H and O–H groups in total. The Morgan fingerprint density at radius 3 is 1.23 bits per heavy atom. The first-order valence-corrected chi connectivity index (χ1v) is 16.4. The molecular weight excluding hydrogens is 588 g/mol. The highest BCUT2D eigenvalue weighted by molar-refractivity contribution is 5.87. The molecule has 7 nitrogen and oxygen atoms in total. The number of rotatable bonds is 4. The summed E-state index contributed by atoms with van der Waals surface area (Å²) in [5, 5.41) is 6.59. The molecule has 47 heavy (non-hydrogen) atoms. The van der Waals surface area contributed by atoms with Crippen LogP contribution in [0.3, 0.4) is 0 Å². The Kier molecular flexibility index (Phi) is 6.79. The molecule has 7 heteroatoms. The lowest BCUT2D eigenvalue weighted by molar-refractivity contribution is -0.148. The van der Waals surface area contributed by atoms with Crippen molar-refractivity contribution < 1.29 is 23.9 Å². The predicted molar refractivity (Wildman–Crippen MR) is 177 cm³/mol. The van der Waals surface area contributed by atoms with Crippen molar-refractivity contribution in [1.82, 2.24) is 10.6 Å². The minimum atomic E-state index is -0.707. The van der Waals surface area contributed by atoms with E-state index in [9.17, 15) is 9.59 Å². The number of hydrogen-bond donors (Lipinski definition) is 2. The summed E-state index contributed by atoms with van der Waals surface area (Å²) in [6.45, 7) is 5.49. The fraction of sp³-hybridized carbons (Fsp3) is 0.325. The van der Waals surface area contributed by atoms with Gasteiger partial charge in [0.1, 0.15) is 5.60 Å². The number of benzene rings is 4. The summed E-state index contributed by atoms with van der Waals surface area (Å²) >= 11 is 0. The van der Waals surface area contributed by atoms with Crippen molar-refractivity contribution >= 4 is 18.0 Å². The third-order valence-electron chi connectivity index (χ3n) is 10.6. The zero-order chi connectivity index (χ0) is 32.6. The molecule has 2 amide bonds. The molecule has 238 valence electrons. The van der Waals surface area contributed by atoms with Crippen molar-refractivity contribution in [3.63, 3.8) is 0 Å². The molecule has 0 radical (unpaired) electrons. The van der Waals surface area contributed by atoms with Gasteiger partial charge >= 0.3 is 12.1 Å². The van der Waals surface area contributed by atoms with Crippen LogP contribution in [0.25, 0.3) is 0 Å².